The fourth-order valence-corrected chi connectivity index (χ4v) is 2.03. The van der Waals surface area contributed by atoms with Crippen LogP contribution in [-0.2, 0) is 12.4 Å². The Morgan fingerprint density at radius 1 is 1.00 bits per heavy atom. The van der Waals surface area contributed by atoms with Crippen molar-refractivity contribution >= 4 is 0 Å². The molecule has 0 saturated heterocycles. The first-order valence-electron chi connectivity index (χ1n) is 7.20. The van der Waals surface area contributed by atoms with E-state index in [4.69, 9.17) is 4.74 Å². The van der Waals surface area contributed by atoms with Crippen molar-refractivity contribution < 1.29 is 35.6 Å². The highest BCUT2D eigenvalue weighted by atomic mass is 19.4. The Morgan fingerprint density at radius 2 is 1.74 bits per heavy atom. The van der Waals surface area contributed by atoms with Gasteiger partial charge in [0.25, 0.3) is 0 Å². The van der Waals surface area contributed by atoms with Gasteiger partial charge in [-0.1, -0.05) is 11.2 Å². The van der Waals surface area contributed by atoms with Crippen LogP contribution >= 0.6 is 0 Å². The fourth-order valence-electron chi connectivity index (χ4n) is 2.03. The van der Waals surface area contributed by atoms with Crippen molar-refractivity contribution in [3.05, 3.63) is 53.5 Å². The molecular weight excluding hydrogens is 380 g/mol. The lowest BCUT2D eigenvalue weighted by atomic mass is 10.2. The molecule has 0 saturated carbocycles. The molecule has 2 aromatic heterocycles. The van der Waals surface area contributed by atoms with Crippen molar-refractivity contribution in [2.24, 2.45) is 0 Å². The van der Waals surface area contributed by atoms with Crippen molar-refractivity contribution in [3.63, 3.8) is 0 Å². The van der Waals surface area contributed by atoms with Gasteiger partial charge in [0.15, 0.2) is 0 Å². The lowest BCUT2D eigenvalue weighted by Gasteiger charge is -2.13. The predicted octanol–water partition coefficient (Wildman–Crippen LogP) is 5.07. The van der Waals surface area contributed by atoms with Gasteiger partial charge < -0.3 is 9.26 Å². The number of aryl methyl sites for hydroxylation is 1. The van der Waals surface area contributed by atoms with Crippen molar-refractivity contribution in [3.8, 4) is 23.0 Å². The Balaban J connectivity index is 1.94. The summed E-state index contributed by atoms with van der Waals surface area (Å²) in [4.78, 5) is 6.92. The zero-order valence-corrected chi connectivity index (χ0v) is 13.3. The maximum atomic E-state index is 13.1. The molecule has 0 bridgehead atoms. The van der Waals surface area contributed by atoms with Crippen molar-refractivity contribution in [2.45, 2.75) is 19.3 Å². The molecule has 27 heavy (non-hydrogen) atoms. The number of ether oxygens (including phenoxy) is 1. The van der Waals surface area contributed by atoms with Crippen molar-refractivity contribution in [1.82, 2.24) is 15.1 Å². The minimum absolute atomic E-state index is 0.0317. The topological polar surface area (TPSA) is 61.0 Å². The van der Waals surface area contributed by atoms with Gasteiger partial charge in [-0.3, -0.25) is 0 Å². The first-order valence-corrected chi connectivity index (χ1v) is 7.20. The van der Waals surface area contributed by atoms with Gasteiger partial charge in [-0.15, -0.1) is 0 Å². The molecule has 141 valence electrons. The average Bonchev–Trinajstić information content (AvgIpc) is 3.04. The summed E-state index contributed by atoms with van der Waals surface area (Å²) in [6, 6.07) is 8.17. The van der Waals surface area contributed by atoms with E-state index in [2.05, 4.69) is 25.7 Å². The number of rotatable bonds is 3. The van der Waals surface area contributed by atoms with Crippen LogP contribution in [0.25, 0.3) is 11.4 Å². The first-order chi connectivity index (χ1) is 12.5. The maximum Gasteiger partial charge on any atom is 0.471 e. The second-order valence-electron chi connectivity index (χ2n) is 5.27. The number of nitrogens with zero attached hydrogens (tertiary/aromatic N) is 3. The molecule has 3 rings (SSSR count). The molecule has 11 heteroatoms. The molecule has 3 aromatic rings. The summed E-state index contributed by atoms with van der Waals surface area (Å²) >= 11 is 0. The average molecular weight is 388 g/mol. The van der Waals surface area contributed by atoms with Crippen LogP contribution in [0.2, 0.25) is 0 Å². The predicted molar refractivity (Wildman–Crippen MR) is 77.6 cm³/mol. The second kappa shape index (κ2) is 6.56. The van der Waals surface area contributed by atoms with Crippen LogP contribution in [0.15, 0.2) is 34.9 Å². The Bertz CT molecular complexity index is 965. The summed E-state index contributed by atoms with van der Waals surface area (Å²) in [6.07, 6.45) is -9.53. The summed E-state index contributed by atoms with van der Waals surface area (Å²) in [5, 5.41) is 3.20. The van der Waals surface area contributed by atoms with Crippen LogP contribution in [0, 0.1) is 13.0 Å². The summed E-state index contributed by atoms with van der Waals surface area (Å²) < 4.78 is 86.1. The molecule has 0 amide bonds. The normalized spacial score (nSPS) is 12.3. The van der Waals surface area contributed by atoms with Crippen molar-refractivity contribution in [2.75, 3.05) is 0 Å². The number of hydrogen-bond acceptors (Lipinski definition) is 5. The van der Waals surface area contributed by atoms with Crippen LogP contribution in [0.1, 0.15) is 17.1 Å². The van der Waals surface area contributed by atoms with Gasteiger partial charge in [0.05, 0.1) is 0 Å². The molecule has 0 aliphatic carbocycles. The monoisotopic (exact) mass is 388 g/mol. The number of hydrogen-bond donors (Lipinski definition) is 0. The minimum atomic E-state index is -4.82. The molecule has 0 aliphatic rings. The quantitative estimate of drug-likeness (QED) is 0.587. The molecule has 0 aliphatic heterocycles. The smallest absolute Gasteiger partial charge is 0.438 e. The van der Waals surface area contributed by atoms with E-state index < -0.39 is 35.5 Å². The van der Waals surface area contributed by atoms with E-state index in [1.807, 2.05) is 0 Å². The number of pyridine rings is 1. The lowest BCUT2D eigenvalue weighted by Crippen LogP contribution is -2.09. The van der Waals surface area contributed by atoms with Gasteiger partial charge in [0.2, 0.25) is 11.7 Å². The fraction of sp³-hybridized carbons (Fsp3) is 0.188. The van der Waals surface area contributed by atoms with Crippen molar-refractivity contribution in [1.29, 1.82) is 0 Å². The molecule has 2 heterocycles. The Kier molecular flexibility index (Phi) is 4.54. The summed E-state index contributed by atoms with van der Waals surface area (Å²) in [5.74, 6) is -2.88. The van der Waals surface area contributed by atoms with Gasteiger partial charge in [-0.05, 0) is 31.2 Å². The van der Waals surface area contributed by atoms with E-state index in [1.165, 1.54) is 25.1 Å². The third-order valence-electron chi connectivity index (χ3n) is 3.21. The van der Waals surface area contributed by atoms with Crippen LogP contribution in [0.3, 0.4) is 0 Å². The first kappa shape index (κ1) is 18.7. The van der Waals surface area contributed by atoms with E-state index in [-0.39, 0.29) is 17.0 Å². The Labute approximate surface area is 147 Å². The highest BCUT2D eigenvalue weighted by Gasteiger charge is 2.38. The van der Waals surface area contributed by atoms with Gasteiger partial charge >= 0.3 is 18.2 Å². The van der Waals surface area contributed by atoms with E-state index in [1.54, 1.807) is 0 Å². The molecule has 1 aromatic carbocycles. The van der Waals surface area contributed by atoms with Gasteiger partial charge in [0.1, 0.15) is 11.3 Å². The number of aromatic nitrogens is 3. The van der Waals surface area contributed by atoms with E-state index >= 15 is 0 Å². The molecule has 1 radical (unpaired) electrons. The van der Waals surface area contributed by atoms with E-state index in [9.17, 15) is 26.3 Å². The third-order valence-corrected chi connectivity index (χ3v) is 3.21. The molecule has 5 nitrogen and oxygen atoms in total. The van der Waals surface area contributed by atoms with E-state index in [0.717, 1.165) is 12.1 Å². The second-order valence-corrected chi connectivity index (χ2v) is 5.27. The SMILES string of the molecule is Cc1ccc(C(F)(F)F)c(Oc2[c]ccc(-c3noc(C(F)(F)F)n3)c2)n1. The number of benzene rings is 1. The Hall–Kier alpha value is -3.11. The summed E-state index contributed by atoms with van der Waals surface area (Å²) in [6.45, 7) is 1.48. The molecule has 0 spiro atoms. The number of alkyl halides is 6. The third kappa shape index (κ3) is 4.18. The van der Waals surface area contributed by atoms with Crippen LogP contribution < -0.4 is 4.74 Å². The summed E-state index contributed by atoms with van der Waals surface area (Å²) in [7, 11) is 0. The van der Waals surface area contributed by atoms with Gasteiger partial charge in [-0.2, -0.15) is 31.3 Å². The molecule has 0 atom stereocenters. The lowest BCUT2D eigenvalue weighted by molar-refractivity contribution is -0.159. The van der Waals surface area contributed by atoms with Crippen LogP contribution in [0.4, 0.5) is 26.3 Å². The highest BCUT2D eigenvalue weighted by molar-refractivity contribution is 5.57. The van der Waals surface area contributed by atoms with Crippen LogP contribution in [-0.4, -0.2) is 15.1 Å². The molecule has 0 N–H and O–H groups in total. The molecule has 0 fully saturated rings. The van der Waals surface area contributed by atoms with Gasteiger partial charge in [0, 0.05) is 17.3 Å². The largest absolute Gasteiger partial charge is 0.471 e. The van der Waals surface area contributed by atoms with Gasteiger partial charge in [-0.25, -0.2) is 4.98 Å². The maximum absolute atomic E-state index is 13.1. The highest BCUT2D eigenvalue weighted by Crippen LogP contribution is 2.37. The molecular formula is C16H8F6N3O2. The summed E-state index contributed by atoms with van der Waals surface area (Å²) in [5.41, 5.74) is -0.794. The zero-order valence-electron chi connectivity index (χ0n) is 13.3. The minimum Gasteiger partial charge on any atom is -0.438 e. The standard InChI is InChI=1S/C16H8F6N3O2/c1-8-5-6-11(15(17,18)19)13(23-8)26-10-4-2-3-9(7-10)12-24-14(27-25-12)16(20,21)22/h2-3,5-7H,1H3. The van der Waals surface area contributed by atoms with E-state index in [0.29, 0.717) is 0 Å². The molecule has 0 unspecified atom stereocenters. The zero-order chi connectivity index (χ0) is 19.8. The number of halogens is 6. The Morgan fingerprint density at radius 3 is 2.37 bits per heavy atom. The van der Waals surface area contributed by atoms with Crippen LogP contribution in [0.5, 0.6) is 11.6 Å².